The Hall–Kier alpha value is 0.1000. The van der Waals surface area contributed by atoms with Crippen molar-refractivity contribution >= 4 is 27.3 Å². The van der Waals surface area contributed by atoms with Gasteiger partial charge in [0.1, 0.15) is 0 Å². The molecule has 0 spiro atoms. The van der Waals surface area contributed by atoms with Crippen LogP contribution in [0.2, 0.25) is 0 Å². The van der Waals surface area contributed by atoms with Crippen LogP contribution in [0.25, 0.3) is 0 Å². The van der Waals surface area contributed by atoms with E-state index in [1.54, 1.807) is 11.3 Å². The number of hydrogen-bond acceptors (Lipinski definition) is 3. The molecule has 4 heteroatoms. The normalized spacial score (nSPS) is 24.0. The van der Waals surface area contributed by atoms with Crippen LogP contribution < -0.4 is 0 Å². The highest BCUT2D eigenvalue weighted by Crippen LogP contribution is 2.40. The first-order valence-corrected chi connectivity index (χ1v) is 6.56. The van der Waals surface area contributed by atoms with Crippen molar-refractivity contribution in [2.75, 3.05) is 13.2 Å². The van der Waals surface area contributed by atoms with Gasteiger partial charge in [-0.2, -0.15) is 0 Å². The lowest BCUT2D eigenvalue weighted by Crippen LogP contribution is -2.43. The first kappa shape index (κ1) is 11.6. The van der Waals surface area contributed by atoms with Crippen molar-refractivity contribution in [1.29, 1.82) is 0 Å². The molecule has 0 aliphatic carbocycles. The Balaban J connectivity index is 2.16. The van der Waals surface area contributed by atoms with Crippen LogP contribution in [0.1, 0.15) is 25.6 Å². The lowest BCUT2D eigenvalue weighted by atomic mass is 9.94. The van der Waals surface area contributed by atoms with Gasteiger partial charge in [0.15, 0.2) is 0 Å². The maximum atomic E-state index is 5.85. The first-order valence-electron chi connectivity index (χ1n) is 4.95. The fraction of sp³-hybridized carbons (Fsp3) is 0.636. The Morgan fingerprint density at radius 3 is 2.27 bits per heavy atom. The Kier molecular flexibility index (Phi) is 2.97. The summed E-state index contributed by atoms with van der Waals surface area (Å²) in [5, 5.41) is 0. The van der Waals surface area contributed by atoms with Gasteiger partial charge in [-0.05, 0) is 35.0 Å². The van der Waals surface area contributed by atoms with E-state index in [1.807, 2.05) is 19.1 Å². The summed E-state index contributed by atoms with van der Waals surface area (Å²) in [4.78, 5) is 1.12. The highest BCUT2D eigenvalue weighted by atomic mass is 79.9. The van der Waals surface area contributed by atoms with Gasteiger partial charge in [0.25, 0.3) is 0 Å². The summed E-state index contributed by atoms with van der Waals surface area (Å²) < 4.78 is 12.8. The Morgan fingerprint density at radius 1 is 1.20 bits per heavy atom. The summed E-state index contributed by atoms with van der Waals surface area (Å²) in [5.74, 6) is -0.563. The van der Waals surface area contributed by atoms with E-state index < -0.39 is 5.79 Å². The number of thiophene rings is 1. The average molecular weight is 291 g/mol. The fourth-order valence-corrected chi connectivity index (χ4v) is 2.89. The van der Waals surface area contributed by atoms with Gasteiger partial charge in [0.05, 0.1) is 21.9 Å². The first-order chi connectivity index (χ1) is 6.91. The number of hydrogen-bond donors (Lipinski definition) is 0. The molecule has 2 rings (SSSR count). The quantitative estimate of drug-likeness (QED) is 0.784. The molecule has 1 saturated heterocycles. The minimum absolute atomic E-state index is 0.119. The lowest BCUT2D eigenvalue weighted by molar-refractivity contribution is -0.296. The van der Waals surface area contributed by atoms with Crippen LogP contribution in [0.15, 0.2) is 15.9 Å². The van der Waals surface area contributed by atoms with E-state index in [2.05, 4.69) is 29.8 Å². The molecule has 2 nitrogen and oxygen atoms in total. The molecule has 84 valence electrons. The van der Waals surface area contributed by atoms with E-state index in [-0.39, 0.29) is 5.41 Å². The van der Waals surface area contributed by atoms with Gasteiger partial charge in [-0.3, -0.25) is 0 Å². The summed E-state index contributed by atoms with van der Waals surface area (Å²) in [6.07, 6.45) is 0. The molecule has 15 heavy (non-hydrogen) atoms. The molecule has 0 bridgehead atoms. The third kappa shape index (κ3) is 2.44. The van der Waals surface area contributed by atoms with E-state index in [1.165, 1.54) is 0 Å². The second-order valence-electron chi connectivity index (χ2n) is 4.79. The zero-order chi connectivity index (χ0) is 11.1. The largest absolute Gasteiger partial charge is 0.345 e. The van der Waals surface area contributed by atoms with Gasteiger partial charge in [-0.25, -0.2) is 0 Å². The van der Waals surface area contributed by atoms with Crippen molar-refractivity contribution in [3.05, 3.63) is 20.8 Å². The SMILES string of the molecule is CC1(C)COC(C)(c2ccc(Br)s2)OC1. The molecule has 0 saturated carbocycles. The number of rotatable bonds is 1. The molecular formula is C11H15BrO2S. The minimum Gasteiger partial charge on any atom is -0.345 e. The number of halogens is 1. The van der Waals surface area contributed by atoms with Crippen LogP contribution in [0.4, 0.5) is 0 Å². The van der Waals surface area contributed by atoms with E-state index in [4.69, 9.17) is 9.47 Å². The zero-order valence-electron chi connectivity index (χ0n) is 9.17. The number of ether oxygens (including phenoxy) is 2. The van der Waals surface area contributed by atoms with Crippen molar-refractivity contribution in [3.63, 3.8) is 0 Å². The third-order valence-electron chi connectivity index (χ3n) is 2.50. The molecule has 1 aliphatic heterocycles. The van der Waals surface area contributed by atoms with E-state index in [0.717, 1.165) is 21.9 Å². The van der Waals surface area contributed by atoms with Crippen LogP contribution in [0.3, 0.4) is 0 Å². The average Bonchev–Trinajstić information content (AvgIpc) is 2.59. The van der Waals surface area contributed by atoms with Gasteiger partial charge in [0.2, 0.25) is 5.79 Å². The Bertz CT molecular complexity index is 349. The van der Waals surface area contributed by atoms with Crippen LogP contribution in [0.5, 0.6) is 0 Å². The molecule has 0 N–H and O–H groups in total. The third-order valence-corrected chi connectivity index (χ3v) is 4.31. The van der Waals surface area contributed by atoms with Crippen molar-refractivity contribution in [1.82, 2.24) is 0 Å². The predicted molar refractivity (Wildman–Crippen MR) is 65.1 cm³/mol. The molecule has 0 amide bonds. The molecule has 0 unspecified atom stereocenters. The molecule has 1 aliphatic rings. The van der Waals surface area contributed by atoms with Crippen LogP contribution in [0, 0.1) is 5.41 Å². The zero-order valence-corrected chi connectivity index (χ0v) is 11.6. The van der Waals surface area contributed by atoms with E-state index >= 15 is 0 Å². The summed E-state index contributed by atoms with van der Waals surface area (Å²) in [5.41, 5.74) is 0.119. The molecule has 0 radical (unpaired) electrons. The van der Waals surface area contributed by atoms with Gasteiger partial charge < -0.3 is 9.47 Å². The van der Waals surface area contributed by atoms with Crippen molar-refractivity contribution < 1.29 is 9.47 Å². The van der Waals surface area contributed by atoms with Gasteiger partial charge in [-0.15, -0.1) is 11.3 Å². The van der Waals surface area contributed by atoms with Gasteiger partial charge in [-0.1, -0.05) is 13.8 Å². The van der Waals surface area contributed by atoms with Crippen LogP contribution >= 0.6 is 27.3 Å². The molecule has 1 aromatic rings. The molecule has 1 aromatic heterocycles. The fourth-order valence-electron chi connectivity index (χ4n) is 1.45. The van der Waals surface area contributed by atoms with Crippen LogP contribution in [-0.4, -0.2) is 13.2 Å². The Morgan fingerprint density at radius 2 is 1.80 bits per heavy atom. The van der Waals surface area contributed by atoms with E-state index in [9.17, 15) is 0 Å². The summed E-state index contributed by atoms with van der Waals surface area (Å²) in [6.45, 7) is 7.76. The molecule has 0 atom stereocenters. The molecule has 2 heterocycles. The lowest BCUT2D eigenvalue weighted by Gasteiger charge is -2.40. The highest BCUT2D eigenvalue weighted by Gasteiger charge is 2.39. The molecular weight excluding hydrogens is 276 g/mol. The second kappa shape index (κ2) is 3.84. The summed E-state index contributed by atoms with van der Waals surface area (Å²) >= 11 is 5.11. The van der Waals surface area contributed by atoms with Gasteiger partial charge in [0, 0.05) is 5.41 Å². The Labute approximate surface area is 103 Å². The summed E-state index contributed by atoms with van der Waals surface area (Å²) in [7, 11) is 0. The smallest absolute Gasteiger partial charge is 0.201 e. The molecule has 0 aromatic carbocycles. The van der Waals surface area contributed by atoms with Crippen LogP contribution in [-0.2, 0) is 15.3 Å². The van der Waals surface area contributed by atoms with E-state index in [0.29, 0.717) is 0 Å². The highest BCUT2D eigenvalue weighted by molar-refractivity contribution is 9.11. The summed E-state index contributed by atoms with van der Waals surface area (Å²) in [6, 6.07) is 4.07. The second-order valence-corrected chi connectivity index (χ2v) is 7.25. The standard InChI is InChI=1S/C11H15BrO2S/c1-10(2)6-13-11(3,14-7-10)8-4-5-9(12)15-8/h4-5H,6-7H2,1-3H3. The van der Waals surface area contributed by atoms with Gasteiger partial charge >= 0.3 is 0 Å². The molecule has 1 fully saturated rings. The monoisotopic (exact) mass is 290 g/mol. The van der Waals surface area contributed by atoms with Crippen molar-refractivity contribution in [2.24, 2.45) is 5.41 Å². The topological polar surface area (TPSA) is 18.5 Å². The maximum absolute atomic E-state index is 5.85. The minimum atomic E-state index is -0.563. The van der Waals surface area contributed by atoms with Crippen molar-refractivity contribution in [3.8, 4) is 0 Å². The maximum Gasteiger partial charge on any atom is 0.201 e. The predicted octanol–water partition coefficient (Wildman–Crippen LogP) is 3.76. The van der Waals surface area contributed by atoms with Crippen molar-refractivity contribution in [2.45, 2.75) is 26.6 Å².